The molecule has 0 aliphatic carbocycles. The molecule has 1 unspecified atom stereocenters. The van der Waals surface area contributed by atoms with Crippen molar-refractivity contribution >= 4 is 33.3 Å². The minimum absolute atomic E-state index is 0.0766. The quantitative estimate of drug-likeness (QED) is 0.248. The van der Waals surface area contributed by atoms with E-state index >= 15 is 0 Å². The number of benzene rings is 2. The van der Waals surface area contributed by atoms with Crippen LogP contribution >= 0.6 is 11.3 Å². The molecular formula is C33H44FN5O5S2. The average Bonchev–Trinajstić information content (AvgIpc) is 3.57. The lowest BCUT2D eigenvalue weighted by Gasteiger charge is -2.34. The third kappa shape index (κ3) is 8.90. The maximum Gasteiger partial charge on any atom is 0.321 e. The fraction of sp³-hybridized carbons (Fsp3) is 0.485. The summed E-state index contributed by atoms with van der Waals surface area (Å²) in [6.45, 7) is 10.3. The third-order valence-electron chi connectivity index (χ3n) is 7.88. The van der Waals surface area contributed by atoms with Gasteiger partial charge in [-0.15, -0.1) is 11.3 Å². The summed E-state index contributed by atoms with van der Waals surface area (Å²) in [7, 11) is -4.09. The Kier molecular flexibility index (Phi) is 11.9. The normalized spacial score (nSPS) is 16.0. The molecular weight excluding hydrogens is 630 g/mol. The van der Waals surface area contributed by atoms with Gasteiger partial charge < -0.3 is 20.2 Å². The summed E-state index contributed by atoms with van der Waals surface area (Å²) in [5.74, 6) is -1.30. The molecule has 1 aromatic heterocycles. The van der Waals surface area contributed by atoms with Gasteiger partial charge in [-0.05, 0) is 55.0 Å². The van der Waals surface area contributed by atoms with Crippen LogP contribution in [0.3, 0.4) is 0 Å². The monoisotopic (exact) mass is 673 g/mol. The van der Waals surface area contributed by atoms with Gasteiger partial charge in [0.15, 0.2) is 0 Å². The number of aliphatic hydroxyl groups is 1. The first-order valence-electron chi connectivity index (χ1n) is 15.5. The van der Waals surface area contributed by atoms with Crippen molar-refractivity contribution in [1.29, 1.82) is 0 Å². The fourth-order valence-electron chi connectivity index (χ4n) is 5.68. The van der Waals surface area contributed by atoms with E-state index in [1.165, 1.54) is 27.8 Å². The molecule has 250 valence electrons. The highest BCUT2D eigenvalue weighted by Crippen LogP contribution is 2.23. The highest BCUT2D eigenvalue weighted by Gasteiger charge is 2.40. The summed E-state index contributed by atoms with van der Waals surface area (Å²) in [4.78, 5) is 35.1. The smallest absolute Gasteiger partial charge is 0.321 e. The molecule has 0 spiro atoms. The Morgan fingerprint density at radius 2 is 1.74 bits per heavy atom. The standard InChI is InChI=1S/C33H44FN5O5S2/c1-22(2)18-38(46(43,44)28-13-11-26(34)12-14-28)20-30(40)29(17-25-9-7-6-8-10-25)36-32(41)31(23(3)4)39-16-15-37(33(39)42)19-27-21-45-24(5)35-27/h6-14,21-23,29-31,40H,15-20H2,1-5H3,(H,36,41)/t29-,30?,31+/m0/s1. The number of aryl methyl sites for hydroxylation is 1. The number of carbonyl (C=O) groups is 2. The van der Waals surface area contributed by atoms with Crippen LogP contribution in [0.5, 0.6) is 0 Å². The van der Waals surface area contributed by atoms with Crippen LogP contribution in [0.25, 0.3) is 0 Å². The molecule has 1 aliphatic heterocycles. The Balaban J connectivity index is 1.56. The Morgan fingerprint density at radius 1 is 1.07 bits per heavy atom. The van der Waals surface area contributed by atoms with Crippen LogP contribution in [0, 0.1) is 24.6 Å². The van der Waals surface area contributed by atoms with E-state index in [9.17, 15) is 27.5 Å². The zero-order chi connectivity index (χ0) is 33.6. The minimum atomic E-state index is -4.09. The van der Waals surface area contributed by atoms with E-state index in [2.05, 4.69) is 10.3 Å². The number of nitrogens with zero attached hydrogens (tertiary/aromatic N) is 4. The molecule has 3 amide bonds. The van der Waals surface area contributed by atoms with Crippen LogP contribution in [0.2, 0.25) is 0 Å². The Bertz CT molecular complexity index is 1570. The molecule has 2 N–H and O–H groups in total. The van der Waals surface area contributed by atoms with Gasteiger partial charge in [-0.2, -0.15) is 4.31 Å². The third-order valence-corrected chi connectivity index (χ3v) is 10.6. The van der Waals surface area contributed by atoms with Gasteiger partial charge in [0.2, 0.25) is 15.9 Å². The number of sulfonamides is 1. The van der Waals surface area contributed by atoms with Gasteiger partial charge in [0, 0.05) is 31.6 Å². The molecule has 3 aromatic rings. The van der Waals surface area contributed by atoms with Crippen molar-refractivity contribution in [2.75, 3.05) is 26.2 Å². The van der Waals surface area contributed by atoms with Crippen molar-refractivity contribution in [2.45, 2.75) is 70.7 Å². The fourth-order valence-corrected chi connectivity index (χ4v) is 7.90. The lowest BCUT2D eigenvalue weighted by molar-refractivity contribution is -0.128. The molecule has 1 aliphatic rings. The molecule has 10 nitrogen and oxygen atoms in total. The number of thiazole rings is 1. The highest BCUT2D eigenvalue weighted by molar-refractivity contribution is 7.89. The van der Waals surface area contributed by atoms with Gasteiger partial charge in [-0.1, -0.05) is 58.0 Å². The van der Waals surface area contributed by atoms with Crippen molar-refractivity contribution in [2.24, 2.45) is 11.8 Å². The number of urea groups is 1. The predicted molar refractivity (Wildman–Crippen MR) is 176 cm³/mol. The molecule has 13 heteroatoms. The average molecular weight is 674 g/mol. The number of hydrogen-bond acceptors (Lipinski definition) is 7. The number of aliphatic hydroxyl groups excluding tert-OH is 1. The Labute approximate surface area is 275 Å². The molecule has 1 saturated heterocycles. The Morgan fingerprint density at radius 3 is 2.33 bits per heavy atom. The van der Waals surface area contributed by atoms with Gasteiger partial charge in [0.25, 0.3) is 0 Å². The van der Waals surface area contributed by atoms with Gasteiger partial charge >= 0.3 is 6.03 Å². The lowest BCUT2D eigenvalue weighted by atomic mass is 9.97. The highest BCUT2D eigenvalue weighted by atomic mass is 32.2. The second kappa shape index (κ2) is 15.5. The van der Waals surface area contributed by atoms with Crippen LogP contribution in [0.15, 0.2) is 64.9 Å². The number of hydrogen-bond donors (Lipinski definition) is 2. The first-order valence-corrected chi connectivity index (χ1v) is 17.8. The maximum atomic E-state index is 14.0. The SMILES string of the molecule is Cc1nc(CN2CCN([C@@H](C(=O)N[C@@H](Cc3ccccc3)C(O)CN(CC(C)C)S(=O)(=O)c3ccc(F)cc3)C(C)C)C2=O)cs1. The molecule has 46 heavy (non-hydrogen) atoms. The van der Waals surface area contributed by atoms with Crippen molar-refractivity contribution in [3.8, 4) is 0 Å². The Hall–Kier alpha value is -3.39. The second-order valence-electron chi connectivity index (χ2n) is 12.5. The lowest BCUT2D eigenvalue weighted by Crippen LogP contribution is -2.57. The number of halogens is 1. The zero-order valence-corrected chi connectivity index (χ0v) is 28.6. The number of carbonyl (C=O) groups excluding carboxylic acids is 2. The van der Waals surface area contributed by atoms with E-state index in [1.807, 2.05) is 70.3 Å². The number of amides is 3. The molecule has 2 aromatic carbocycles. The first-order chi connectivity index (χ1) is 21.8. The van der Waals surface area contributed by atoms with E-state index in [4.69, 9.17) is 0 Å². The maximum absolute atomic E-state index is 14.0. The predicted octanol–water partition coefficient (Wildman–Crippen LogP) is 4.29. The molecule has 4 rings (SSSR count). The summed E-state index contributed by atoms with van der Waals surface area (Å²) >= 11 is 1.52. The van der Waals surface area contributed by atoms with Crippen LogP contribution < -0.4 is 5.32 Å². The van der Waals surface area contributed by atoms with Crippen LogP contribution in [-0.4, -0.2) is 88.9 Å². The van der Waals surface area contributed by atoms with Crippen molar-refractivity contribution < 1.29 is 27.5 Å². The molecule has 0 radical (unpaired) electrons. The summed E-state index contributed by atoms with van der Waals surface area (Å²) < 4.78 is 42.1. The van der Waals surface area contributed by atoms with Gasteiger partial charge in [-0.3, -0.25) is 4.79 Å². The van der Waals surface area contributed by atoms with Crippen LogP contribution in [0.1, 0.15) is 44.0 Å². The number of rotatable bonds is 15. The van der Waals surface area contributed by atoms with Crippen molar-refractivity contribution in [3.63, 3.8) is 0 Å². The molecule has 3 atom stereocenters. The van der Waals surface area contributed by atoms with Gasteiger partial charge in [-0.25, -0.2) is 22.6 Å². The van der Waals surface area contributed by atoms with E-state index in [1.54, 1.807) is 9.80 Å². The van der Waals surface area contributed by atoms with Crippen LogP contribution in [-0.2, 0) is 27.8 Å². The van der Waals surface area contributed by atoms with E-state index in [0.29, 0.717) is 19.6 Å². The van der Waals surface area contributed by atoms with E-state index in [0.717, 1.165) is 28.4 Å². The zero-order valence-electron chi connectivity index (χ0n) is 27.0. The summed E-state index contributed by atoms with van der Waals surface area (Å²) in [5.41, 5.74) is 1.64. The van der Waals surface area contributed by atoms with Gasteiger partial charge in [0.05, 0.1) is 34.3 Å². The summed E-state index contributed by atoms with van der Waals surface area (Å²) in [6.07, 6.45) is -1.07. The summed E-state index contributed by atoms with van der Waals surface area (Å²) in [6, 6.07) is 11.9. The second-order valence-corrected chi connectivity index (χ2v) is 15.5. The number of nitrogens with one attached hydrogen (secondary N) is 1. The topological polar surface area (TPSA) is 123 Å². The molecule has 2 heterocycles. The van der Waals surface area contributed by atoms with E-state index in [-0.39, 0.29) is 42.3 Å². The minimum Gasteiger partial charge on any atom is -0.390 e. The van der Waals surface area contributed by atoms with E-state index < -0.39 is 39.9 Å². The first kappa shape index (κ1) is 35.5. The van der Waals surface area contributed by atoms with Crippen molar-refractivity contribution in [1.82, 2.24) is 24.4 Å². The number of aromatic nitrogens is 1. The summed E-state index contributed by atoms with van der Waals surface area (Å²) in [5, 5.41) is 17.5. The molecule has 0 bridgehead atoms. The molecule has 1 fully saturated rings. The van der Waals surface area contributed by atoms with Crippen LogP contribution in [0.4, 0.5) is 9.18 Å². The largest absolute Gasteiger partial charge is 0.390 e. The van der Waals surface area contributed by atoms with Crippen molar-refractivity contribution in [3.05, 3.63) is 82.1 Å². The molecule has 0 saturated carbocycles. The van der Waals surface area contributed by atoms with Gasteiger partial charge in [0.1, 0.15) is 11.9 Å².